The predicted molar refractivity (Wildman–Crippen MR) is 82.7 cm³/mol. The zero-order valence-corrected chi connectivity index (χ0v) is 13.4. The third-order valence-corrected chi connectivity index (χ3v) is 5.25. The van der Waals surface area contributed by atoms with Crippen LogP contribution in [0.1, 0.15) is 49.4 Å². The monoisotopic (exact) mass is 343 g/mol. The molecule has 4 heteroatoms. The van der Waals surface area contributed by atoms with E-state index in [9.17, 15) is 4.79 Å². The van der Waals surface area contributed by atoms with Gasteiger partial charge < -0.3 is 5.32 Å². The molecule has 1 aromatic rings. The summed E-state index contributed by atoms with van der Waals surface area (Å²) in [7, 11) is 0. The van der Waals surface area contributed by atoms with Crippen molar-refractivity contribution in [2.45, 2.75) is 45.1 Å². The molecule has 1 amide bonds. The summed E-state index contributed by atoms with van der Waals surface area (Å²) in [5.74, 6) is 0.772. The molecule has 1 aliphatic carbocycles. The van der Waals surface area contributed by atoms with Crippen LogP contribution in [0.3, 0.4) is 0 Å². The summed E-state index contributed by atoms with van der Waals surface area (Å²) >= 11 is 9.49. The van der Waals surface area contributed by atoms with Crippen molar-refractivity contribution >= 4 is 33.4 Å². The summed E-state index contributed by atoms with van der Waals surface area (Å²) in [5, 5.41) is 3.59. The first kappa shape index (κ1) is 14.9. The first-order valence-electron chi connectivity index (χ1n) is 6.86. The molecule has 0 aliphatic heterocycles. The highest BCUT2D eigenvalue weighted by molar-refractivity contribution is 9.10. The van der Waals surface area contributed by atoms with Crippen LogP contribution in [-0.4, -0.2) is 11.9 Å². The van der Waals surface area contributed by atoms with Gasteiger partial charge in [0.05, 0.1) is 10.6 Å². The molecule has 0 radical (unpaired) electrons. The van der Waals surface area contributed by atoms with E-state index in [4.69, 9.17) is 11.6 Å². The van der Waals surface area contributed by atoms with Crippen molar-refractivity contribution in [3.8, 4) is 0 Å². The molecular formula is C15H19BrClNO. The van der Waals surface area contributed by atoms with Gasteiger partial charge in [-0.1, -0.05) is 31.0 Å². The Bertz CT molecular complexity index is 455. The summed E-state index contributed by atoms with van der Waals surface area (Å²) < 4.78 is 0.761. The number of halogens is 2. The molecule has 2 nitrogen and oxygen atoms in total. The van der Waals surface area contributed by atoms with E-state index >= 15 is 0 Å². The molecule has 0 bridgehead atoms. The van der Waals surface area contributed by atoms with E-state index in [0.717, 1.165) is 23.2 Å². The molecule has 0 unspecified atom stereocenters. The number of benzene rings is 1. The summed E-state index contributed by atoms with van der Waals surface area (Å²) in [4.78, 5) is 12.2. The van der Waals surface area contributed by atoms with Crippen molar-refractivity contribution in [2.75, 3.05) is 0 Å². The molecule has 2 rings (SSSR count). The van der Waals surface area contributed by atoms with Crippen LogP contribution in [0.25, 0.3) is 0 Å². The average Bonchev–Trinajstić information content (AvgIpc) is 2.42. The molecule has 0 aromatic heterocycles. The number of rotatable bonds is 3. The third kappa shape index (κ3) is 3.73. The Morgan fingerprint density at radius 3 is 2.68 bits per heavy atom. The second kappa shape index (κ2) is 6.76. The smallest absolute Gasteiger partial charge is 0.253 e. The molecule has 0 spiro atoms. The van der Waals surface area contributed by atoms with Crippen LogP contribution >= 0.6 is 27.5 Å². The molecule has 1 saturated carbocycles. The lowest BCUT2D eigenvalue weighted by Crippen LogP contribution is -2.37. The maximum atomic E-state index is 12.2. The summed E-state index contributed by atoms with van der Waals surface area (Å²) in [6, 6.07) is 5.73. The molecule has 1 N–H and O–H groups in total. The number of hydrogen-bond donors (Lipinski definition) is 1. The van der Waals surface area contributed by atoms with E-state index < -0.39 is 0 Å². The SMILES string of the molecule is CCC1CCC(NC(=O)c2cccc(Br)c2Cl)CC1. The second-order valence-electron chi connectivity index (χ2n) is 5.20. The lowest BCUT2D eigenvalue weighted by molar-refractivity contribution is 0.0921. The molecule has 1 aromatic carbocycles. The van der Waals surface area contributed by atoms with Crippen molar-refractivity contribution in [3.63, 3.8) is 0 Å². The Morgan fingerprint density at radius 2 is 2.05 bits per heavy atom. The van der Waals surface area contributed by atoms with E-state index in [-0.39, 0.29) is 5.91 Å². The fourth-order valence-corrected chi connectivity index (χ4v) is 3.24. The lowest BCUT2D eigenvalue weighted by atomic mass is 9.84. The third-order valence-electron chi connectivity index (χ3n) is 3.96. The van der Waals surface area contributed by atoms with Crippen molar-refractivity contribution < 1.29 is 4.79 Å². The first-order chi connectivity index (χ1) is 9.11. The fourth-order valence-electron chi connectivity index (χ4n) is 2.66. The van der Waals surface area contributed by atoms with Gasteiger partial charge in [0.2, 0.25) is 0 Å². The van der Waals surface area contributed by atoms with E-state index in [1.807, 2.05) is 12.1 Å². The number of amides is 1. The van der Waals surface area contributed by atoms with Crippen LogP contribution < -0.4 is 5.32 Å². The number of carbonyl (C=O) groups excluding carboxylic acids is 1. The fraction of sp³-hybridized carbons (Fsp3) is 0.533. The zero-order chi connectivity index (χ0) is 13.8. The van der Waals surface area contributed by atoms with Crippen LogP contribution in [0.15, 0.2) is 22.7 Å². The van der Waals surface area contributed by atoms with Gasteiger partial charge in [0.25, 0.3) is 5.91 Å². The minimum atomic E-state index is -0.0637. The Kier molecular flexibility index (Phi) is 5.28. The van der Waals surface area contributed by atoms with E-state index in [1.54, 1.807) is 6.07 Å². The van der Waals surface area contributed by atoms with Crippen LogP contribution in [0.2, 0.25) is 5.02 Å². The number of nitrogens with one attached hydrogen (secondary N) is 1. The number of carbonyl (C=O) groups is 1. The highest BCUT2D eigenvalue weighted by Crippen LogP contribution is 2.28. The maximum absolute atomic E-state index is 12.2. The van der Waals surface area contributed by atoms with Crippen LogP contribution in [-0.2, 0) is 0 Å². The molecule has 0 atom stereocenters. The van der Waals surface area contributed by atoms with Crippen LogP contribution in [0.4, 0.5) is 0 Å². The standard InChI is InChI=1S/C15H19BrClNO/c1-2-10-6-8-11(9-7-10)18-15(19)12-4-3-5-13(16)14(12)17/h3-5,10-11H,2,6-9H2,1H3,(H,18,19). The van der Waals surface area contributed by atoms with Gasteiger partial charge >= 0.3 is 0 Å². The lowest BCUT2D eigenvalue weighted by Gasteiger charge is -2.28. The molecule has 0 heterocycles. The second-order valence-corrected chi connectivity index (χ2v) is 6.43. The first-order valence-corrected chi connectivity index (χ1v) is 8.03. The summed E-state index contributed by atoms with van der Waals surface area (Å²) in [5.41, 5.74) is 0.550. The molecule has 104 valence electrons. The maximum Gasteiger partial charge on any atom is 0.253 e. The van der Waals surface area contributed by atoms with Gasteiger partial charge in [-0.25, -0.2) is 0 Å². The molecular weight excluding hydrogens is 326 g/mol. The van der Waals surface area contributed by atoms with Gasteiger partial charge in [-0.05, 0) is 59.7 Å². The quantitative estimate of drug-likeness (QED) is 0.838. The van der Waals surface area contributed by atoms with Crippen molar-refractivity contribution in [1.29, 1.82) is 0 Å². The Hall–Kier alpha value is -0.540. The van der Waals surface area contributed by atoms with E-state index in [2.05, 4.69) is 28.2 Å². The van der Waals surface area contributed by atoms with Gasteiger partial charge in [0.1, 0.15) is 0 Å². The summed E-state index contributed by atoms with van der Waals surface area (Å²) in [6.45, 7) is 2.24. The molecule has 19 heavy (non-hydrogen) atoms. The van der Waals surface area contributed by atoms with E-state index in [0.29, 0.717) is 16.6 Å². The van der Waals surface area contributed by atoms with Gasteiger partial charge in [-0.15, -0.1) is 0 Å². The van der Waals surface area contributed by atoms with Gasteiger partial charge in [-0.3, -0.25) is 4.79 Å². The zero-order valence-electron chi connectivity index (χ0n) is 11.1. The number of hydrogen-bond acceptors (Lipinski definition) is 1. The largest absolute Gasteiger partial charge is 0.349 e. The topological polar surface area (TPSA) is 29.1 Å². The Labute approximate surface area is 128 Å². The molecule has 0 saturated heterocycles. The van der Waals surface area contributed by atoms with Crippen LogP contribution in [0, 0.1) is 5.92 Å². The van der Waals surface area contributed by atoms with Gasteiger partial charge in [-0.2, -0.15) is 0 Å². The average molecular weight is 345 g/mol. The summed E-state index contributed by atoms with van der Waals surface area (Å²) in [6.07, 6.45) is 5.84. The Balaban J connectivity index is 1.96. The van der Waals surface area contributed by atoms with E-state index in [1.165, 1.54) is 19.3 Å². The minimum Gasteiger partial charge on any atom is -0.349 e. The van der Waals surface area contributed by atoms with Gasteiger partial charge in [0, 0.05) is 10.5 Å². The highest BCUT2D eigenvalue weighted by atomic mass is 79.9. The minimum absolute atomic E-state index is 0.0637. The van der Waals surface area contributed by atoms with Crippen molar-refractivity contribution in [3.05, 3.63) is 33.3 Å². The van der Waals surface area contributed by atoms with Crippen LogP contribution in [0.5, 0.6) is 0 Å². The highest BCUT2D eigenvalue weighted by Gasteiger charge is 2.22. The van der Waals surface area contributed by atoms with Crippen molar-refractivity contribution in [1.82, 2.24) is 5.32 Å². The van der Waals surface area contributed by atoms with Crippen molar-refractivity contribution in [2.24, 2.45) is 5.92 Å². The van der Waals surface area contributed by atoms with Gasteiger partial charge in [0.15, 0.2) is 0 Å². The Morgan fingerprint density at radius 1 is 1.37 bits per heavy atom. The molecule has 1 fully saturated rings. The molecule has 1 aliphatic rings. The normalized spacial score (nSPS) is 23.1. The predicted octanol–water partition coefficient (Wildman–Crippen LogP) is 4.80.